The third-order valence-corrected chi connectivity index (χ3v) is 6.37. The van der Waals surface area contributed by atoms with Crippen LogP contribution in [0.3, 0.4) is 0 Å². The smallest absolute Gasteiger partial charge is 0.250 e. The first kappa shape index (κ1) is 13.8. The lowest BCUT2D eigenvalue weighted by Crippen LogP contribution is -2.40. The van der Waals surface area contributed by atoms with Crippen LogP contribution in [-0.2, 0) is 10.0 Å². The second-order valence-electron chi connectivity index (χ2n) is 5.78. The molecule has 0 radical (unpaired) electrons. The van der Waals surface area contributed by atoms with E-state index in [9.17, 15) is 8.42 Å². The van der Waals surface area contributed by atoms with Gasteiger partial charge in [-0.2, -0.15) is 0 Å². The number of rotatable bonds is 3. The van der Waals surface area contributed by atoms with Gasteiger partial charge in [-0.3, -0.25) is 0 Å². The second kappa shape index (κ2) is 4.83. The molecule has 1 unspecified atom stereocenters. The van der Waals surface area contributed by atoms with Crippen LogP contribution in [0.5, 0.6) is 0 Å². The molecule has 1 aromatic rings. The summed E-state index contributed by atoms with van der Waals surface area (Å²) in [6.45, 7) is 4.38. The number of nitrogens with two attached hydrogens (primary N) is 1. The Hall–Kier alpha value is -0.590. The van der Waals surface area contributed by atoms with Crippen LogP contribution in [0.1, 0.15) is 39.5 Å². The van der Waals surface area contributed by atoms with Gasteiger partial charge in [-0.05, 0) is 30.7 Å². The molecule has 1 heterocycles. The van der Waals surface area contributed by atoms with Gasteiger partial charge >= 0.3 is 0 Å². The van der Waals surface area contributed by atoms with E-state index in [1.807, 2.05) is 0 Å². The van der Waals surface area contributed by atoms with Crippen molar-refractivity contribution in [3.05, 3.63) is 11.4 Å². The largest absolute Gasteiger partial charge is 0.398 e. The molecule has 1 atom stereocenters. The van der Waals surface area contributed by atoms with Gasteiger partial charge in [0.2, 0.25) is 10.0 Å². The van der Waals surface area contributed by atoms with E-state index in [4.69, 9.17) is 5.73 Å². The number of anilines is 1. The normalized spacial score (nSPS) is 24.0. The molecule has 0 aromatic carbocycles. The highest BCUT2D eigenvalue weighted by atomic mass is 32.2. The van der Waals surface area contributed by atoms with Gasteiger partial charge in [-0.15, -0.1) is 11.3 Å². The van der Waals surface area contributed by atoms with Crippen molar-refractivity contribution >= 4 is 27.0 Å². The van der Waals surface area contributed by atoms with Crippen LogP contribution in [0.2, 0.25) is 0 Å². The highest BCUT2D eigenvalue weighted by Gasteiger charge is 2.31. The standard InChI is InChI=1S/C12H20N2O2S2/c1-12(2)5-3-4-10(7-12)14-18(15,16)11-6-9(13)8-17-11/h6,8,10,14H,3-5,7,13H2,1-2H3. The fraction of sp³-hybridized carbons (Fsp3) is 0.667. The van der Waals surface area contributed by atoms with E-state index >= 15 is 0 Å². The molecule has 0 aliphatic heterocycles. The SMILES string of the molecule is CC1(C)CCCC(NS(=O)(=O)c2cc(N)cs2)C1. The Morgan fingerprint density at radius 1 is 1.50 bits per heavy atom. The van der Waals surface area contributed by atoms with Crippen molar-refractivity contribution in [2.24, 2.45) is 5.41 Å². The van der Waals surface area contributed by atoms with Crippen molar-refractivity contribution < 1.29 is 8.42 Å². The van der Waals surface area contributed by atoms with Crippen molar-refractivity contribution in [3.8, 4) is 0 Å². The first-order valence-corrected chi connectivity index (χ1v) is 8.51. The summed E-state index contributed by atoms with van der Waals surface area (Å²) in [6.07, 6.45) is 4.06. The van der Waals surface area contributed by atoms with E-state index in [-0.39, 0.29) is 11.5 Å². The van der Waals surface area contributed by atoms with Crippen LogP contribution in [0.15, 0.2) is 15.7 Å². The topological polar surface area (TPSA) is 72.2 Å². The number of sulfonamides is 1. The number of nitrogens with one attached hydrogen (secondary N) is 1. The molecule has 102 valence electrons. The van der Waals surface area contributed by atoms with Gasteiger partial charge in [0, 0.05) is 17.1 Å². The summed E-state index contributed by atoms with van der Waals surface area (Å²) in [5.74, 6) is 0. The molecule has 4 nitrogen and oxygen atoms in total. The Kier molecular flexibility index (Phi) is 3.71. The van der Waals surface area contributed by atoms with Crippen molar-refractivity contribution in [2.75, 3.05) is 5.73 Å². The molecule has 0 amide bonds. The van der Waals surface area contributed by atoms with Crippen LogP contribution in [0.4, 0.5) is 5.69 Å². The Morgan fingerprint density at radius 3 is 2.78 bits per heavy atom. The van der Waals surface area contributed by atoms with E-state index in [0.29, 0.717) is 9.90 Å². The lowest BCUT2D eigenvalue weighted by Gasteiger charge is -2.35. The van der Waals surface area contributed by atoms with E-state index in [0.717, 1.165) is 25.7 Å². The van der Waals surface area contributed by atoms with Crippen molar-refractivity contribution in [2.45, 2.75) is 49.8 Å². The van der Waals surface area contributed by atoms with E-state index in [1.165, 1.54) is 17.4 Å². The summed E-state index contributed by atoms with van der Waals surface area (Å²) < 4.78 is 27.5. The third-order valence-electron chi connectivity index (χ3n) is 3.39. The van der Waals surface area contributed by atoms with Crippen LogP contribution in [0, 0.1) is 5.41 Å². The molecule has 6 heteroatoms. The lowest BCUT2D eigenvalue weighted by molar-refractivity contribution is 0.212. The first-order chi connectivity index (χ1) is 8.28. The monoisotopic (exact) mass is 288 g/mol. The van der Waals surface area contributed by atoms with Gasteiger partial charge < -0.3 is 5.73 Å². The first-order valence-electron chi connectivity index (χ1n) is 6.15. The average Bonchev–Trinajstić information content (AvgIpc) is 2.63. The summed E-state index contributed by atoms with van der Waals surface area (Å²) in [6, 6.07) is 1.56. The van der Waals surface area contributed by atoms with Crippen molar-refractivity contribution in [1.82, 2.24) is 4.72 Å². The van der Waals surface area contributed by atoms with Gasteiger partial charge in [0.1, 0.15) is 4.21 Å². The third kappa shape index (κ3) is 3.24. The molecule has 0 bridgehead atoms. The van der Waals surface area contributed by atoms with Gasteiger partial charge in [0.25, 0.3) is 0 Å². The van der Waals surface area contributed by atoms with E-state index < -0.39 is 10.0 Å². The minimum Gasteiger partial charge on any atom is -0.398 e. The molecule has 0 spiro atoms. The number of hydrogen-bond donors (Lipinski definition) is 2. The Labute approximate surface area is 113 Å². The van der Waals surface area contributed by atoms with E-state index in [2.05, 4.69) is 18.6 Å². The van der Waals surface area contributed by atoms with Gasteiger partial charge in [-0.25, -0.2) is 13.1 Å². The van der Waals surface area contributed by atoms with Crippen molar-refractivity contribution in [1.29, 1.82) is 0 Å². The molecular weight excluding hydrogens is 268 g/mol. The summed E-state index contributed by atoms with van der Waals surface area (Å²) in [5, 5.41) is 1.65. The molecule has 0 saturated heterocycles. The molecule has 1 aromatic heterocycles. The second-order valence-corrected chi connectivity index (χ2v) is 8.63. The minimum absolute atomic E-state index is 0.0436. The highest BCUT2D eigenvalue weighted by Crippen LogP contribution is 2.35. The minimum atomic E-state index is -3.40. The number of nitrogen functional groups attached to an aromatic ring is 1. The zero-order valence-electron chi connectivity index (χ0n) is 10.8. The zero-order valence-corrected chi connectivity index (χ0v) is 12.4. The molecule has 1 aliphatic rings. The Morgan fingerprint density at radius 2 is 2.22 bits per heavy atom. The van der Waals surface area contributed by atoms with Crippen molar-refractivity contribution in [3.63, 3.8) is 0 Å². The number of thiophene rings is 1. The molecule has 2 rings (SSSR count). The molecule has 1 aliphatic carbocycles. The summed E-state index contributed by atoms with van der Waals surface area (Å²) in [4.78, 5) is 0. The van der Waals surface area contributed by atoms with Crippen LogP contribution in [0.25, 0.3) is 0 Å². The van der Waals surface area contributed by atoms with E-state index in [1.54, 1.807) is 5.38 Å². The van der Waals surface area contributed by atoms with Crippen LogP contribution < -0.4 is 10.5 Å². The predicted octanol–water partition coefficient (Wildman–Crippen LogP) is 2.58. The van der Waals surface area contributed by atoms with Gasteiger partial charge in [0.15, 0.2) is 0 Å². The Balaban J connectivity index is 2.09. The maximum absolute atomic E-state index is 12.2. The Bertz CT molecular complexity index is 520. The highest BCUT2D eigenvalue weighted by molar-refractivity contribution is 7.91. The lowest BCUT2D eigenvalue weighted by atomic mass is 9.75. The quantitative estimate of drug-likeness (QED) is 0.898. The predicted molar refractivity (Wildman–Crippen MR) is 75.1 cm³/mol. The molecule has 1 saturated carbocycles. The molecule has 3 N–H and O–H groups in total. The fourth-order valence-electron chi connectivity index (χ4n) is 2.55. The average molecular weight is 288 g/mol. The summed E-state index contributed by atoms with van der Waals surface area (Å²) in [5.41, 5.74) is 6.30. The molecule has 18 heavy (non-hydrogen) atoms. The maximum Gasteiger partial charge on any atom is 0.250 e. The summed E-state index contributed by atoms with van der Waals surface area (Å²) in [7, 11) is -3.40. The van der Waals surface area contributed by atoms with Crippen LogP contribution >= 0.6 is 11.3 Å². The van der Waals surface area contributed by atoms with Crippen LogP contribution in [-0.4, -0.2) is 14.5 Å². The van der Waals surface area contributed by atoms with Gasteiger partial charge in [0.05, 0.1) is 0 Å². The fourth-order valence-corrected chi connectivity index (χ4v) is 4.91. The van der Waals surface area contributed by atoms with Gasteiger partial charge in [-0.1, -0.05) is 20.3 Å². The molecular formula is C12H20N2O2S2. The zero-order chi connectivity index (χ0) is 13.4. The maximum atomic E-state index is 12.2. The summed E-state index contributed by atoms with van der Waals surface area (Å²) >= 11 is 1.17. The molecule has 1 fully saturated rings. The number of hydrogen-bond acceptors (Lipinski definition) is 4.